The number of aryl methyl sites for hydroxylation is 1. The lowest BCUT2D eigenvalue weighted by Crippen LogP contribution is -2.28. The summed E-state index contributed by atoms with van der Waals surface area (Å²) in [5, 5.41) is 13.7. The van der Waals surface area contributed by atoms with Crippen molar-refractivity contribution >= 4 is 11.7 Å². The number of para-hydroxylation sites is 3. The van der Waals surface area contributed by atoms with Crippen LogP contribution in [0.2, 0.25) is 0 Å². The lowest BCUT2D eigenvalue weighted by atomic mass is 10.3. The van der Waals surface area contributed by atoms with Crippen LogP contribution in [0.1, 0.15) is 17.8 Å². The Morgan fingerprint density at radius 1 is 1.14 bits per heavy atom. The first-order valence-corrected chi connectivity index (χ1v) is 9.41. The highest BCUT2D eigenvalue weighted by atomic mass is 16.5. The van der Waals surface area contributed by atoms with Crippen molar-refractivity contribution in [3.8, 4) is 11.5 Å². The Hall–Kier alpha value is -3.32. The van der Waals surface area contributed by atoms with Crippen LogP contribution in [0.5, 0.6) is 11.5 Å². The molecule has 0 saturated heterocycles. The number of nitrogens with one attached hydrogen (secondary N) is 3. The molecule has 0 saturated carbocycles. The zero-order chi connectivity index (χ0) is 19.2. The van der Waals surface area contributed by atoms with Crippen molar-refractivity contribution in [1.29, 1.82) is 0 Å². The number of carbonyl (C=O) groups is 1. The molecule has 3 N–H and O–H groups in total. The molecule has 7 nitrogen and oxygen atoms in total. The van der Waals surface area contributed by atoms with Crippen molar-refractivity contribution in [3.05, 3.63) is 72.1 Å². The fraction of sp³-hybridized carbons (Fsp3) is 0.238. The van der Waals surface area contributed by atoms with Crippen molar-refractivity contribution in [3.63, 3.8) is 0 Å². The van der Waals surface area contributed by atoms with E-state index >= 15 is 0 Å². The monoisotopic (exact) mass is 377 g/mol. The lowest BCUT2D eigenvalue weighted by molar-refractivity contribution is 0.251. The molecule has 7 heteroatoms. The van der Waals surface area contributed by atoms with Crippen molar-refractivity contribution in [2.24, 2.45) is 0 Å². The van der Waals surface area contributed by atoms with Crippen molar-refractivity contribution < 1.29 is 9.53 Å². The van der Waals surface area contributed by atoms with Gasteiger partial charge >= 0.3 is 6.03 Å². The van der Waals surface area contributed by atoms with Crippen LogP contribution < -0.4 is 20.7 Å². The number of hydrogen-bond acceptors (Lipinski definition) is 4. The molecule has 0 fully saturated rings. The van der Waals surface area contributed by atoms with E-state index in [1.807, 2.05) is 65.3 Å². The second kappa shape index (κ2) is 8.58. The van der Waals surface area contributed by atoms with E-state index in [2.05, 4.69) is 21.0 Å². The van der Waals surface area contributed by atoms with E-state index in [9.17, 15) is 4.79 Å². The molecule has 1 aromatic heterocycles. The molecule has 4 rings (SSSR count). The molecule has 0 atom stereocenters. The number of carbonyl (C=O) groups excluding carboxylic acids is 1. The Bertz CT molecular complexity index is 915. The molecule has 0 bridgehead atoms. The summed E-state index contributed by atoms with van der Waals surface area (Å²) >= 11 is 0. The minimum Gasteiger partial charge on any atom is -0.455 e. The third kappa shape index (κ3) is 4.50. The van der Waals surface area contributed by atoms with Gasteiger partial charge < -0.3 is 20.7 Å². The van der Waals surface area contributed by atoms with Gasteiger partial charge in [-0.1, -0.05) is 30.3 Å². The van der Waals surface area contributed by atoms with Gasteiger partial charge in [0.15, 0.2) is 5.75 Å². The number of benzene rings is 2. The van der Waals surface area contributed by atoms with Gasteiger partial charge in [-0.3, -0.25) is 4.68 Å². The summed E-state index contributed by atoms with van der Waals surface area (Å²) in [6.07, 6.45) is 1.06. The SMILES string of the molecule is O=C(NCc1cc2n(n1)CCCNC2)Nc1ccccc1Oc1ccccc1. The molecule has 2 aromatic carbocycles. The molecular formula is C21H23N5O2. The maximum atomic E-state index is 12.4. The Balaban J connectivity index is 1.36. The van der Waals surface area contributed by atoms with E-state index in [1.165, 1.54) is 0 Å². The summed E-state index contributed by atoms with van der Waals surface area (Å²) in [6.45, 7) is 3.08. The summed E-state index contributed by atoms with van der Waals surface area (Å²) in [5.74, 6) is 1.30. The highest BCUT2D eigenvalue weighted by Crippen LogP contribution is 2.28. The van der Waals surface area contributed by atoms with E-state index in [1.54, 1.807) is 0 Å². The molecule has 28 heavy (non-hydrogen) atoms. The smallest absolute Gasteiger partial charge is 0.319 e. The number of ether oxygens (including phenoxy) is 1. The number of rotatable bonds is 5. The Labute approximate surface area is 163 Å². The predicted octanol–water partition coefficient (Wildman–Crippen LogP) is 3.49. The Morgan fingerprint density at radius 3 is 2.86 bits per heavy atom. The molecule has 2 heterocycles. The van der Waals surface area contributed by atoms with E-state index in [4.69, 9.17) is 4.74 Å². The van der Waals surface area contributed by atoms with Crippen LogP contribution in [-0.4, -0.2) is 22.4 Å². The van der Waals surface area contributed by atoms with Crippen molar-refractivity contribution in [1.82, 2.24) is 20.4 Å². The zero-order valence-corrected chi connectivity index (χ0v) is 15.5. The molecular weight excluding hydrogens is 354 g/mol. The van der Waals surface area contributed by atoms with E-state index < -0.39 is 0 Å². The van der Waals surface area contributed by atoms with Crippen LogP contribution in [-0.2, 0) is 19.6 Å². The zero-order valence-electron chi connectivity index (χ0n) is 15.5. The summed E-state index contributed by atoms with van der Waals surface area (Å²) in [4.78, 5) is 12.4. The first-order valence-electron chi connectivity index (χ1n) is 9.41. The number of amides is 2. The average Bonchev–Trinajstić information content (AvgIpc) is 2.98. The second-order valence-corrected chi connectivity index (χ2v) is 6.60. The van der Waals surface area contributed by atoms with E-state index in [0.717, 1.165) is 37.4 Å². The van der Waals surface area contributed by atoms with Gasteiger partial charge in [-0.15, -0.1) is 0 Å². The van der Waals surface area contributed by atoms with Crippen molar-refractivity contribution in [2.75, 3.05) is 11.9 Å². The first kappa shape index (κ1) is 18.1. The number of aromatic nitrogens is 2. The molecule has 0 unspecified atom stereocenters. The predicted molar refractivity (Wildman–Crippen MR) is 107 cm³/mol. The van der Waals surface area contributed by atoms with Gasteiger partial charge in [0.05, 0.1) is 23.6 Å². The molecule has 0 aliphatic carbocycles. The average molecular weight is 377 g/mol. The Kier molecular flexibility index (Phi) is 5.53. The number of hydrogen-bond donors (Lipinski definition) is 3. The lowest BCUT2D eigenvalue weighted by Gasteiger charge is -2.12. The number of urea groups is 1. The minimum atomic E-state index is -0.301. The number of fused-ring (bicyclic) bond motifs is 1. The molecule has 0 spiro atoms. The maximum Gasteiger partial charge on any atom is 0.319 e. The molecule has 144 valence electrons. The summed E-state index contributed by atoms with van der Waals surface area (Å²) in [5.41, 5.74) is 2.60. The Morgan fingerprint density at radius 2 is 1.96 bits per heavy atom. The number of nitrogens with zero attached hydrogens (tertiary/aromatic N) is 2. The van der Waals surface area contributed by atoms with Crippen LogP contribution in [0.3, 0.4) is 0 Å². The molecule has 1 aliphatic rings. The minimum absolute atomic E-state index is 0.301. The largest absolute Gasteiger partial charge is 0.455 e. The standard InChI is InChI=1S/C21H23N5O2/c27-21(23-14-16-13-17-15-22-11-6-12-26(17)25-16)24-19-9-4-5-10-20(19)28-18-7-2-1-3-8-18/h1-5,7-10,13,22H,6,11-12,14-15H2,(H2,23,24,27). The van der Waals surface area contributed by atoms with Gasteiger partial charge in [0.25, 0.3) is 0 Å². The van der Waals surface area contributed by atoms with Crippen LogP contribution in [0, 0.1) is 0 Å². The summed E-state index contributed by atoms with van der Waals surface area (Å²) in [7, 11) is 0. The van der Waals surface area contributed by atoms with Gasteiger partial charge in [-0.05, 0) is 43.3 Å². The van der Waals surface area contributed by atoms with Crippen LogP contribution >= 0.6 is 0 Å². The maximum absolute atomic E-state index is 12.4. The van der Waals surface area contributed by atoms with Gasteiger partial charge in [0.2, 0.25) is 0 Å². The van der Waals surface area contributed by atoms with E-state index in [-0.39, 0.29) is 6.03 Å². The van der Waals surface area contributed by atoms with Gasteiger partial charge in [0.1, 0.15) is 5.75 Å². The normalized spacial score (nSPS) is 13.3. The first-order chi connectivity index (χ1) is 13.8. The number of anilines is 1. The van der Waals surface area contributed by atoms with Gasteiger partial charge in [0, 0.05) is 13.1 Å². The topological polar surface area (TPSA) is 80.2 Å². The molecule has 3 aromatic rings. The molecule has 1 aliphatic heterocycles. The van der Waals surface area contributed by atoms with Crippen LogP contribution in [0.15, 0.2) is 60.7 Å². The van der Waals surface area contributed by atoms with Gasteiger partial charge in [-0.25, -0.2) is 4.79 Å². The van der Waals surface area contributed by atoms with E-state index in [0.29, 0.717) is 23.7 Å². The van der Waals surface area contributed by atoms with Crippen LogP contribution in [0.4, 0.5) is 10.5 Å². The fourth-order valence-electron chi connectivity index (χ4n) is 3.12. The molecule has 2 amide bonds. The highest BCUT2D eigenvalue weighted by Gasteiger charge is 2.12. The third-order valence-corrected chi connectivity index (χ3v) is 4.48. The second-order valence-electron chi connectivity index (χ2n) is 6.60. The van der Waals surface area contributed by atoms with Gasteiger partial charge in [-0.2, -0.15) is 5.10 Å². The molecule has 0 radical (unpaired) electrons. The summed E-state index contributed by atoms with van der Waals surface area (Å²) < 4.78 is 7.89. The third-order valence-electron chi connectivity index (χ3n) is 4.48. The highest BCUT2D eigenvalue weighted by molar-refractivity contribution is 5.90. The van der Waals surface area contributed by atoms with Crippen molar-refractivity contribution in [2.45, 2.75) is 26.1 Å². The summed E-state index contributed by atoms with van der Waals surface area (Å²) in [6, 6.07) is 18.6. The van der Waals surface area contributed by atoms with Crippen LogP contribution in [0.25, 0.3) is 0 Å². The quantitative estimate of drug-likeness (QED) is 0.636. The fourth-order valence-corrected chi connectivity index (χ4v) is 3.12.